The number of alkyl halides is 4. The lowest BCUT2D eigenvalue weighted by Gasteiger charge is -2.16. The normalized spacial score (nSPS) is 12.6. The molecule has 2 rings (SSSR count). The highest BCUT2D eigenvalue weighted by atomic mass is 35.5. The summed E-state index contributed by atoms with van der Waals surface area (Å²) in [4.78, 5) is 72.7. The molecule has 0 amide bonds. The molecule has 2 aromatic rings. The van der Waals surface area contributed by atoms with Crippen LogP contribution in [0.25, 0.3) is 12.2 Å². The smallest absolute Gasteiger partial charge is 0.314 e. The Morgan fingerprint density at radius 1 is 0.623 bits per heavy atom. The minimum absolute atomic E-state index is 0.123. The third-order valence-electron chi connectivity index (χ3n) is 7.46. The molecule has 0 spiro atoms. The third kappa shape index (κ3) is 16.5. The summed E-state index contributed by atoms with van der Waals surface area (Å²) in [7, 11) is 2.78. The van der Waals surface area contributed by atoms with Crippen molar-refractivity contribution >= 4 is 117 Å². The molecule has 0 aliphatic heterocycles. The van der Waals surface area contributed by atoms with E-state index in [1.807, 2.05) is 12.5 Å². The van der Waals surface area contributed by atoms with Crippen LogP contribution in [0.3, 0.4) is 0 Å². The monoisotopic (exact) mass is 848 g/mol. The molecule has 0 N–H and O–H groups in total. The van der Waals surface area contributed by atoms with Crippen molar-refractivity contribution in [1.29, 1.82) is 0 Å². The zero-order valence-electron chi connectivity index (χ0n) is 29.4. The number of carbonyl (C=O) groups is 6. The number of hydrogen-bond donors (Lipinski definition) is 0. The van der Waals surface area contributed by atoms with Gasteiger partial charge in [0, 0.05) is 12.8 Å². The molecule has 288 valence electrons. The van der Waals surface area contributed by atoms with E-state index in [-0.39, 0.29) is 35.8 Å². The quantitative estimate of drug-likeness (QED) is 0.0332. The van der Waals surface area contributed by atoms with Crippen molar-refractivity contribution in [2.45, 2.75) is 41.8 Å². The maximum atomic E-state index is 12.9. The lowest BCUT2D eigenvalue weighted by molar-refractivity contribution is -0.141. The van der Waals surface area contributed by atoms with E-state index in [1.165, 1.54) is 74.2 Å². The molecule has 53 heavy (non-hydrogen) atoms. The number of ketones is 4. The van der Waals surface area contributed by atoms with Gasteiger partial charge in [-0.05, 0) is 84.4 Å². The lowest BCUT2D eigenvalue weighted by Crippen LogP contribution is -2.26. The Balaban J connectivity index is 2.05. The summed E-state index contributed by atoms with van der Waals surface area (Å²) in [6.07, 6.45) is 9.28. The highest BCUT2D eigenvalue weighted by molar-refractivity contribution is 7.98. The van der Waals surface area contributed by atoms with Gasteiger partial charge >= 0.3 is 11.9 Å². The van der Waals surface area contributed by atoms with E-state index in [1.54, 1.807) is 24.3 Å². The molecular formula is C37H40Cl4O10S2. The summed E-state index contributed by atoms with van der Waals surface area (Å²) in [5.74, 6) is -2.72. The molecule has 0 aliphatic carbocycles. The molecule has 0 saturated heterocycles. The first-order valence-corrected chi connectivity index (χ1v) is 20.6. The van der Waals surface area contributed by atoms with Crippen LogP contribution < -0.4 is 18.9 Å². The molecule has 0 aromatic heterocycles. The zero-order valence-corrected chi connectivity index (χ0v) is 34.1. The lowest BCUT2D eigenvalue weighted by atomic mass is 10.0. The number of rotatable bonds is 24. The summed E-state index contributed by atoms with van der Waals surface area (Å²) >= 11 is 25.7. The second-order valence-corrected chi connectivity index (χ2v) is 15.5. The standard InChI is InChI=1S/C37H40Cl4O10S2/c1-48-32-17-22(7-11-30(32)50-36(46)24(13-15-52-3)19-28(44)34(38)39)5-9-26(42)21-27(43)10-6-23-8-12-31(33(18-23)49-2)51-37(47)25(14-16-53-4)20-29(45)35(40)41/h5-12,17-18,24-25,34-35H,13-16,19-21H2,1-4H3/b9-5+,10-6+. The predicted molar refractivity (Wildman–Crippen MR) is 213 cm³/mol. The Hall–Kier alpha value is -3.00. The number of Topliss-reactive ketones (excluding diaryl/α,β-unsaturated/α-hetero) is 2. The Morgan fingerprint density at radius 3 is 1.32 bits per heavy atom. The molecule has 2 atom stereocenters. The molecule has 2 unspecified atom stereocenters. The van der Waals surface area contributed by atoms with E-state index >= 15 is 0 Å². The van der Waals surface area contributed by atoms with Crippen LogP contribution in [0.15, 0.2) is 48.6 Å². The Kier molecular flexibility index (Phi) is 21.3. The number of esters is 2. The van der Waals surface area contributed by atoms with Crippen LogP contribution in [-0.2, 0) is 28.8 Å². The van der Waals surface area contributed by atoms with Gasteiger partial charge in [-0.2, -0.15) is 23.5 Å². The van der Waals surface area contributed by atoms with Crippen LogP contribution in [0.4, 0.5) is 0 Å². The van der Waals surface area contributed by atoms with Crippen LogP contribution in [0.2, 0.25) is 0 Å². The van der Waals surface area contributed by atoms with Gasteiger partial charge in [-0.15, -0.1) is 0 Å². The van der Waals surface area contributed by atoms with Gasteiger partial charge in [-0.25, -0.2) is 0 Å². The van der Waals surface area contributed by atoms with Crippen LogP contribution >= 0.6 is 69.9 Å². The van der Waals surface area contributed by atoms with Gasteiger partial charge in [0.2, 0.25) is 0 Å². The van der Waals surface area contributed by atoms with Gasteiger partial charge in [0.05, 0.1) is 32.5 Å². The average molecular weight is 851 g/mol. The molecule has 16 heteroatoms. The largest absolute Gasteiger partial charge is 0.493 e. The summed E-state index contributed by atoms with van der Waals surface area (Å²) in [6.45, 7) is 0. The third-order valence-corrected chi connectivity index (χ3v) is 9.72. The Morgan fingerprint density at radius 2 is 1.00 bits per heavy atom. The minimum Gasteiger partial charge on any atom is -0.493 e. The SMILES string of the molecule is COc1cc(/C=C/C(=O)CC(=O)/C=C/c2ccc(OC(=O)C(CCSC)CC(=O)C(Cl)Cl)c(OC)c2)ccc1OC(=O)C(CCSC)CC(=O)C(Cl)Cl. The van der Waals surface area contributed by atoms with Crippen molar-refractivity contribution in [1.82, 2.24) is 0 Å². The number of allylic oxidation sites excluding steroid dienone is 2. The molecule has 0 radical (unpaired) electrons. The van der Waals surface area contributed by atoms with Crippen molar-refractivity contribution in [3.8, 4) is 23.0 Å². The molecule has 0 bridgehead atoms. The zero-order chi connectivity index (χ0) is 39.5. The highest BCUT2D eigenvalue weighted by Gasteiger charge is 2.28. The molecule has 0 saturated carbocycles. The molecule has 0 fully saturated rings. The first-order chi connectivity index (χ1) is 25.2. The van der Waals surface area contributed by atoms with Crippen molar-refractivity contribution in [2.24, 2.45) is 11.8 Å². The van der Waals surface area contributed by atoms with E-state index in [2.05, 4.69) is 0 Å². The number of hydrogen-bond acceptors (Lipinski definition) is 12. The molecular weight excluding hydrogens is 810 g/mol. The van der Waals surface area contributed by atoms with E-state index in [9.17, 15) is 28.8 Å². The summed E-state index contributed by atoms with van der Waals surface area (Å²) in [6, 6.07) is 9.29. The number of thioether (sulfide) groups is 2. The Bertz CT molecular complexity index is 1540. The van der Waals surface area contributed by atoms with Gasteiger partial charge in [-0.3, -0.25) is 28.8 Å². The summed E-state index contributed by atoms with van der Waals surface area (Å²) in [5, 5.41) is 0. The van der Waals surface area contributed by atoms with Gasteiger partial charge in [0.15, 0.2) is 55.8 Å². The number of ether oxygens (including phenoxy) is 4. The molecule has 0 aliphatic rings. The first kappa shape index (κ1) is 46.2. The fourth-order valence-corrected chi connectivity index (χ4v) is 5.98. The number of carbonyl (C=O) groups excluding carboxylic acids is 6. The second kappa shape index (κ2) is 24.4. The van der Waals surface area contributed by atoms with Crippen LogP contribution in [0.1, 0.15) is 43.2 Å². The van der Waals surface area contributed by atoms with Crippen molar-refractivity contribution in [3.63, 3.8) is 0 Å². The van der Waals surface area contributed by atoms with Crippen molar-refractivity contribution in [3.05, 3.63) is 59.7 Å². The van der Waals surface area contributed by atoms with Crippen LogP contribution in [0, 0.1) is 11.8 Å². The number of methoxy groups -OCH3 is 2. The van der Waals surface area contributed by atoms with Gasteiger partial charge in [-0.1, -0.05) is 70.7 Å². The number of benzene rings is 2. The van der Waals surface area contributed by atoms with Crippen LogP contribution in [-0.4, -0.2) is 83.0 Å². The average Bonchev–Trinajstić information content (AvgIpc) is 3.13. The van der Waals surface area contributed by atoms with E-state index in [4.69, 9.17) is 65.4 Å². The second-order valence-electron chi connectivity index (χ2n) is 11.3. The molecule has 0 heterocycles. The molecule has 2 aromatic carbocycles. The predicted octanol–water partition coefficient (Wildman–Crippen LogP) is 8.03. The topological polar surface area (TPSA) is 139 Å². The van der Waals surface area contributed by atoms with E-state index in [0.717, 1.165) is 0 Å². The first-order valence-electron chi connectivity index (χ1n) is 16.0. The number of halogens is 4. The minimum atomic E-state index is -1.24. The fraction of sp³-hybridized carbons (Fsp3) is 0.405. The van der Waals surface area contributed by atoms with Gasteiger partial charge in [0.25, 0.3) is 0 Å². The van der Waals surface area contributed by atoms with E-state index in [0.29, 0.717) is 35.5 Å². The summed E-state index contributed by atoms with van der Waals surface area (Å²) in [5.41, 5.74) is 1.08. The van der Waals surface area contributed by atoms with Crippen molar-refractivity contribution < 1.29 is 47.7 Å². The Labute approximate surface area is 337 Å². The maximum Gasteiger partial charge on any atom is 0.314 e. The maximum absolute atomic E-state index is 12.9. The van der Waals surface area contributed by atoms with Gasteiger partial charge < -0.3 is 18.9 Å². The fourth-order valence-electron chi connectivity index (χ4n) is 4.59. The summed E-state index contributed by atoms with van der Waals surface area (Å²) < 4.78 is 21.8. The van der Waals surface area contributed by atoms with Crippen LogP contribution in [0.5, 0.6) is 23.0 Å². The van der Waals surface area contributed by atoms with Crippen molar-refractivity contribution in [2.75, 3.05) is 38.2 Å². The van der Waals surface area contributed by atoms with Gasteiger partial charge in [0.1, 0.15) is 0 Å². The van der Waals surface area contributed by atoms with E-state index < -0.39 is 63.0 Å². The highest BCUT2D eigenvalue weighted by Crippen LogP contribution is 2.32. The molecule has 10 nitrogen and oxygen atoms in total.